The molecule has 0 amide bonds. The van der Waals surface area contributed by atoms with Gasteiger partial charge >= 0.3 is 0 Å². The third-order valence-electron chi connectivity index (χ3n) is 3.34. The van der Waals surface area contributed by atoms with Gasteiger partial charge in [0.2, 0.25) is 0 Å². The maximum atomic E-state index is 5.90. The van der Waals surface area contributed by atoms with Crippen molar-refractivity contribution in [3.63, 3.8) is 0 Å². The van der Waals surface area contributed by atoms with Gasteiger partial charge in [-0.3, -0.25) is 0 Å². The predicted molar refractivity (Wildman–Crippen MR) is 84.3 cm³/mol. The van der Waals surface area contributed by atoms with E-state index in [-0.39, 0.29) is 0 Å². The molecule has 0 aliphatic carbocycles. The number of fused-ring (bicyclic) bond motifs is 1. The van der Waals surface area contributed by atoms with Gasteiger partial charge in [0, 0.05) is 23.5 Å². The van der Waals surface area contributed by atoms with Crippen LogP contribution in [0.3, 0.4) is 0 Å². The zero-order valence-electron chi connectivity index (χ0n) is 11.5. The number of anilines is 2. The molecule has 0 saturated carbocycles. The summed E-state index contributed by atoms with van der Waals surface area (Å²) in [6.45, 7) is 3.08. The highest BCUT2D eigenvalue weighted by molar-refractivity contribution is 5.82. The molecule has 3 rings (SSSR count). The minimum Gasteiger partial charge on any atom is -0.399 e. The monoisotopic (exact) mass is 266 g/mol. The fourth-order valence-corrected chi connectivity index (χ4v) is 2.55. The van der Waals surface area contributed by atoms with E-state index in [4.69, 9.17) is 16.5 Å². The van der Waals surface area contributed by atoms with Crippen molar-refractivity contribution in [2.75, 3.05) is 11.5 Å². The molecule has 0 atom stereocenters. The number of para-hydroxylation sites is 2. The van der Waals surface area contributed by atoms with E-state index in [2.05, 4.69) is 17.6 Å². The second-order valence-electron chi connectivity index (χ2n) is 4.96. The Hall–Kier alpha value is -2.49. The molecule has 0 unspecified atom stereocenters. The van der Waals surface area contributed by atoms with Crippen LogP contribution in [0.1, 0.15) is 13.3 Å². The topological polar surface area (TPSA) is 69.9 Å². The Balaban J connectivity index is 2.26. The first kappa shape index (κ1) is 12.5. The van der Waals surface area contributed by atoms with Gasteiger partial charge in [-0.25, -0.2) is 4.98 Å². The molecular weight excluding hydrogens is 248 g/mol. The zero-order chi connectivity index (χ0) is 14.1. The van der Waals surface area contributed by atoms with Crippen LogP contribution < -0.4 is 11.5 Å². The summed E-state index contributed by atoms with van der Waals surface area (Å²) in [6.07, 6.45) is 1.05. The molecule has 1 heterocycles. The summed E-state index contributed by atoms with van der Waals surface area (Å²) in [6, 6.07) is 13.8. The summed E-state index contributed by atoms with van der Waals surface area (Å²) in [5.74, 6) is 0.923. The summed E-state index contributed by atoms with van der Waals surface area (Å²) in [4.78, 5) is 4.74. The molecule has 0 aliphatic heterocycles. The summed E-state index contributed by atoms with van der Waals surface area (Å²) in [7, 11) is 0. The van der Waals surface area contributed by atoms with E-state index >= 15 is 0 Å². The van der Waals surface area contributed by atoms with Crippen LogP contribution in [0.25, 0.3) is 22.4 Å². The van der Waals surface area contributed by atoms with Crippen LogP contribution in [0.2, 0.25) is 0 Å². The van der Waals surface area contributed by atoms with Gasteiger partial charge in [-0.15, -0.1) is 0 Å². The lowest BCUT2D eigenvalue weighted by Gasteiger charge is -2.09. The summed E-state index contributed by atoms with van der Waals surface area (Å²) >= 11 is 0. The van der Waals surface area contributed by atoms with Gasteiger partial charge in [0.25, 0.3) is 0 Å². The number of nitrogen functional groups attached to an aromatic ring is 2. The van der Waals surface area contributed by atoms with E-state index in [0.29, 0.717) is 11.4 Å². The fourth-order valence-electron chi connectivity index (χ4n) is 2.55. The lowest BCUT2D eigenvalue weighted by Crippen LogP contribution is -2.01. The lowest BCUT2D eigenvalue weighted by molar-refractivity contribution is 0.704. The second kappa shape index (κ2) is 4.89. The Bertz CT molecular complexity index is 738. The predicted octanol–water partition coefficient (Wildman–Crippen LogP) is 3.28. The van der Waals surface area contributed by atoms with Gasteiger partial charge in [0.15, 0.2) is 0 Å². The number of hydrogen-bond donors (Lipinski definition) is 2. The number of nitrogens with two attached hydrogens (primary N) is 2. The molecule has 4 nitrogen and oxygen atoms in total. The molecule has 102 valence electrons. The van der Waals surface area contributed by atoms with E-state index in [1.807, 2.05) is 30.3 Å². The van der Waals surface area contributed by atoms with Gasteiger partial charge in [0.05, 0.1) is 11.0 Å². The number of imidazole rings is 1. The minimum atomic E-state index is 0.662. The number of benzene rings is 2. The van der Waals surface area contributed by atoms with E-state index in [1.165, 1.54) is 0 Å². The standard InChI is InChI=1S/C16H18N4/c1-2-7-20-15-6-4-3-5-14(15)19-16(20)11-8-12(17)10-13(18)9-11/h3-6,8-10H,2,7,17-18H2,1H3. The van der Waals surface area contributed by atoms with Crippen molar-refractivity contribution < 1.29 is 0 Å². The lowest BCUT2D eigenvalue weighted by atomic mass is 10.1. The zero-order valence-corrected chi connectivity index (χ0v) is 11.5. The normalized spacial score (nSPS) is 11.1. The fraction of sp³-hybridized carbons (Fsp3) is 0.188. The van der Waals surface area contributed by atoms with Crippen LogP contribution in [0.5, 0.6) is 0 Å². The van der Waals surface area contributed by atoms with Crippen molar-refractivity contribution in [2.45, 2.75) is 19.9 Å². The Kier molecular flexibility index (Phi) is 3.06. The Morgan fingerprint density at radius 2 is 1.75 bits per heavy atom. The maximum absolute atomic E-state index is 5.90. The van der Waals surface area contributed by atoms with Crippen molar-refractivity contribution >= 4 is 22.4 Å². The molecule has 0 aliphatic rings. The van der Waals surface area contributed by atoms with Crippen molar-refractivity contribution in [1.82, 2.24) is 9.55 Å². The smallest absolute Gasteiger partial charge is 0.141 e. The van der Waals surface area contributed by atoms with Crippen molar-refractivity contribution in [2.24, 2.45) is 0 Å². The molecule has 0 bridgehead atoms. The largest absolute Gasteiger partial charge is 0.399 e. The summed E-state index contributed by atoms with van der Waals surface area (Å²) in [5, 5.41) is 0. The average molecular weight is 266 g/mol. The molecular formula is C16H18N4. The first-order valence-corrected chi connectivity index (χ1v) is 6.80. The van der Waals surface area contributed by atoms with Gasteiger partial charge < -0.3 is 16.0 Å². The highest BCUT2D eigenvalue weighted by Gasteiger charge is 2.12. The van der Waals surface area contributed by atoms with Crippen molar-refractivity contribution in [3.8, 4) is 11.4 Å². The number of nitrogens with zero attached hydrogens (tertiary/aromatic N) is 2. The van der Waals surface area contributed by atoms with Crippen LogP contribution in [0, 0.1) is 0 Å². The van der Waals surface area contributed by atoms with Gasteiger partial charge in [-0.05, 0) is 36.8 Å². The summed E-state index contributed by atoms with van der Waals surface area (Å²) < 4.78 is 2.23. The molecule has 4 heteroatoms. The maximum Gasteiger partial charge on any atom is 0.141 e. The molecule has 1 aromatic heterocycles. The molecule has 0 spiro atoms. The third kappa shape index (κ3) is 2.09. The number of rotatable bonds is 3. The molecule has 0 saturated heterocycles. The average Bonchev–Trinajstić information content (AvgIpc) is 2.77. The SMILES string of the molecule is CCCn1c(-c2cc(N)cc(N)c2)nc2ccccc21. The van der Waals surface area contributed by atoms with Gasteiger partial charge in [-0.1, -0.05) is 19.1 Å². The van der Waals surface area contributed by atoms with E-state index in [0.717, 1.165) is 35.4 Å². The molecule has 2 aromatic carbocycles. The molecule has 0 radical (unpaired) electrons. The summed E-state index contributed by atoms with van der Waals surface area (Å²) in [5.41, 5.74) is 16.2. The molecule has 3 aromatic rings. The molecule has 0 fully saturated rings. The van der Waals surface area contributed by atoms with Crippen LogP contribution in [-0.2, 0) is 6.54 Å². The number of aryl methyl sites for hydroxylation is 1. The Morgan fingerprint density at radius 3 is 2.45 bits per heavy atom. The minimum absolute atomic E-state index is 0.662. The number of aromatic nitrogens is 2. The van der Waals surface area contributed by atoms with Gasteiger partial charge in [0.1, 0.15) is 5.82 Å². The first-order valence-electron chi connectivity index (χ1n) is 6.80. The van der Waals surface area contributed by atoms with E-state index in [1.54, 1.807) is 6.07 Å². The first-order chi connectivity index (χ1) is 9.69. The highest BCUT2D eigenvalue weighted by Crippen LogP contribution is 2.28. The number of hydrogen-bond acceptors (Lipinski definition) is 3. The van der Waals surface area contributed by atoms with E-state index < -0.39 is 0 Å². The third-order valence-corrected chi connectivity index (χ3v) is 3.34. The molecule has 20 heavy (non-hydrogen) atoms. The van der Waals surface area contributed by atoms with Crippen LogP contribution in [0.4, 0.5) is 11.4 Å². The quantitative estimate of drug-likeness (QED) is 0.715. The van der Waals surface area contributed by atoms with Crippen LogP contribution >= 0.6 is 0 Å². The second-order valence-corrected chi connectivity index (χ2v) is 4.96. The van der Waals surface area contributed by atoms with Crippen molar-refractivity contribution in [3.05, 3.63) is 42.5 Å². The van der Waals surface area contributed by atoms with Gasteiger partial charge in [-0.2, -0.15) is 0 Å². The van der Waals surface area contributed by atoms with Crippen molar-refractivity contribution in [1.29, 1.82) is 0 Å². The molecule has 4 N–H and O–H groups in total. The Labute approximate surface area is 118 Å². The van der Waals surface area contributed by atoms with Crippen LogP contribution in [-0.4, -0.2) is 9.55 Å². The Morgan fingerprint density at radius 1 is 1.05 bits per heavy atom. The van der Waals surface area contributed by atoms with E-state index in [9.17, 15) is 0 Å². The van der Waals surface area contributed by atoms with Crippen LogP contribution in [0.15, 0.2) is 42.5 Å². The highest BCUT2D eigenvalue weighted by atomic mass is 15.1.